The smallest absolute Gasteiger partial charge is 0.124 e. The first-order valence-corrected chi connectivity index (χ1v) is 4.86. The number of para-hydroxylation sites is 1. The first-order chi connectivity index (χ1) is 6.86. The summed E-state index contributed by atoms with van der Waals surface area (Å²) in [6, 6.07) is 8.16. The molecule has 0 saturated carbocycles. The first-order valence-electron chi connectivity index (χ1n) is 4.86. The molecular formula is C11H15NO2. The molecule has 0 aromatic heterocycles. The molecule has 0 bridgehead atoms. The number of nitrogens with one attached hydrogen (secondary N) is 1. The Morgan fingerprint density at radius 3 is 3.00 bits per heavy atom. The Hall–Kier alpha value is -1.06. The molecule has 0 spiro atoms. The summed E-state index contributed by atoms with van der Waals surface area (Å²) < 4.78 is 5.56. The zero-order valence-corrected chi connectivity index (χ0v) is 8.23. The molecule has 2 N–H and O–H groups in total. The van der Waals surface area contributed by atoms with Crippen LogP contribution in [0.3, 0.4) is 0 Å². The lowest BCUT2D eigenvalue weighted by Crippen LogP contribution is -2.35. The third-order valence-corrected chi connectivity index (χ3v) is 2.72. The number of fused-ring (bicyclic) bond motifs is 1. The van der Waals surface area contributed by atoms with Gasteiger partial charge >= 0.3 is 0 Å². The summed E-state index contributed by atoms with van der Waals surface area (Å²) in [5.74, 6) is 1.08. The predicted molar refractivity (Wildman–Crippen MR) is 54.3 cm³/mol. The molecule has 0 aliphatic carbocycles. The summed E-state index contributed by atoms with van der Waals surface area (Å²) in [7, 11) is 1.91. The van der Waals surface area contributed by atoms with Gasteiger partial charge in [-0.05, 0) is 13.1 Å². The van der Waals surface area contributed by atoms with E-state index in [0.29, 0.717) is 6.61 Å². The van der Waals surface area contributed by atoms with E-state index in [1.165, 1.54) is 0 Å². The molecule has 0 amide bonds. The molecule has 0 saturated heterocycles. The second-order valence-corrected chi connectivity index (χ2v) is 3.56. The quantitative estimate of drug-likeness (QED) is 0.734. The van der Waals surface area contributed by atoms with Crippen LogP contribution in [0.25, 0.3) is 0 Å². The van der Waals surface area contributed by atoms with Crippen LogP contribution in [0.4, 0.5) is 0 Å². The molecule has 0 radical (unpaired) electrons. The van der Waals surface area contributed by atoms with Crippen LogP contribution in [0.5, 0.6) is 5.75 Å². The fraction of sp³-hybridized carbons (Fsp3) is 0.455. The highest BCUT2D eigenvalue weighted by atomic mass is 16.5. The Morgan fingerprint density at radius 2 is 2.29 bits per heavy atom. The molecule has 2 rings (SSSR count). The van der Waals surface area contributed by atoms with Crippen molar-refractivity contribution in [3.63, 3.8) is 0 Å². The Kier molecular flexibility index (Phi) is 2.70. The Balaban J connectivity index is 2.34. The van der Waals surface area contributed by atoms with Crippen LogP contribution in [-0.2, 0) is 0 Å². The van der Waals surface area contributed by atoms with Gasteiger partial charge in [0.25, 0.3) is 0 Å². The Bertz CT molecular complexity index is 314. The van der Waals surface area contributed by atoms with E-state index in [4.69, 9.17) is 4.74 Å². The van der Waals surface area contributed by atoms with Gasteiger partial charge in [-0.1, -0.05) is 18.2 Å². The average Bonchev–Trinajstić information content (AvgIpc) is 2.27. The number of hydrogen-bond acceptors (Lipinski definition) is 3. The summed E-state index contributed by atoms with van der Waals surface area (Å²) >= 11 is 0. The van der Waals surface area contributed by atoms with Gasteiger partial charge in [0.15, 0.2) is 0 Å². The number of hydrogen-bond donors (Lipinski definition) is 2. The van der Waals surface area contributed by atoms with Crippen molar-refractivity contribution < 1.29 is 9.84 Å². The highest BCUT2D eigenvalue weighted by Crippen LogP contribution is 2.34. The second-order valence-electron chi connectivity index (χ2n) is 3.56. The summed E-state index contributed by atoms with van der Waals surface area (Å²) in [6.45, 7) is 0.735. The van der Waals surface area contributed by atoms with Crippen LogP contribution >= 0.6 is 0 Å². The topological polar surface area (TPSA) is 41.5 Å². The molecule has 1 aliphatic heterocycles. The third kappa shape index (κ3) is 1.49. The van der Waals surface area contributed by atoms with E-state index < -0.39 is 0 Å². The largest absolute Gasteiger partial charge is 0.493 e. The lowest BCUT2D eigenvalue weighted by Gasteiger charge is -2.32. The van der Waals surface area contributed by atoms with Gasteiger partial charge in [-0.15, -0.1) is 0 Å². The van der Waals surface area contributed by atoms with E-state index in [1.54, 1.807) is 0 Å². The van der Waals surface area contributed by atoms with Gasteiger partial charge in [0.2, 0.25) is 0 Å². The molecule has 3 nitrogen and oxygen atoms in total. The highest BCUT2D eigenvalue weighted by molar-refractivity contribution is 5.37. The molecule has 3 heteroatoms. The average molecular weight is 193 g/mol. The minimum atomic E-state index is 0.148. The maximum atomic E-state index is 9.20. The summed E-state index contributed by atoms with van der Waals surface area (Å²) in [4.78, 5) is 0. The van der Waals surface area contributed by atoms with E-state index >= 15 is 0 Å². The van der Waals surface area contributed by atoms with Crippen molar-refractivity contribution >= 4 is 0 Å². The van der Waals surface area contributed by atoms with E-state index in [1.807, 2.05) is 31.3 Å². The molecule has 14 heavy (non-hydrogen) atoms. The summed E-state index contributed by atoms with van der Waals surface area (Å²) in [6.07, 6.45) is 0. The van der Waals surface area contributed by atoms with Gasteiger partial charge < -0.3 is 15.2 Å². The van der Waals surface area contributed by atoms with Gasteiger partial charge in [-0.25, -0.2) is 0 Å². The van der Waals surface area contributed by atoms with Crippen molar-refractivity contribution in [3.8, 4) is 5.75 Å². The third-order valence-electron chi connectivity index (χ3n) is 2.72. The summed E-state index contributed by atoms with van der Waals surface area (Å²) in [5.41, 5.74) is 1.14. The molecule has 1 aromatic carbocycles. The SMILES string of the molecule is CNC1c2ccccc2OCC1CO. The van der Waals surface area contributed by atoms with Crippen LogP contribution in [0.15, 0.2) is 24.3 Å². The molecular weight excluding hydrogens is 178 g/mol. The van der Waals surface area contributed by atoms with E-state index in [0.717, 1.165) is 11.3 Å². The van der Waals surface area contributed by atoms with Crippen LogP contribution in [0.1, 0.15) is 11.6 Å². The Labute approximate surface area is 83.7 Å². The lowest BCUT2D eigenvalue weighted by molar-refractivity contribution is 0.114. The highest BCUT2D eigenvalue weighted by Gasteiger charge is 2.28. The van der Waals surface area contributed by atoms with Crippen LogP contribution in [0.2, 0.25) is 0 Å². The van der Waals surface area contributed by atoms with Crippen molar-refractivity contribution in [2.24, 2.45) is 5.92 Å². The monoisotopic (exact) mass is 193 g/mol. The van der Waals surface area contributed by atoms with Crippen molar-refractivity contribution in [2.75, 3.05) is 20.3 Å². The fourth-order valence-corrected chi connectivity index (χ4v) is 1.97. The van der Waals surface area contributed by atoms with Crippen molar-refractivity contribution in [2.45, 2.75) is 6.04 Å². The number of ether oxygens (including phenoxy) is 1. The minimum Gasteiger partial charge on any atom is -0.493 e. The van der Waals surface area contributed by atoms with Crippen LogP contribution < -0.4 is 10.1 Å². The van der Waals surface area contributed by atoms with Crippen molar-refractivity contribution in [1.82, 2.24) is 5.32 Å². The molecule has 2 atom stereocenters. The zero-order valence-electron chi connectivity index (χ0n) is 8.23. The molecule has 2 unspecified atom stereocenters. The molecule has 1 heterocycles. The van der Waals surface area contributed by atoms with E-state index in [-0.39, 0.29) is 18.6 Å². The van der Waals surface area contributed by atoms with Gasteiger partial charge in [0, 0.05) is 17.5 Å². The molecule has 76 valence electrons. The van der Waals surface area contributed by atoms with Crippen LogP contribution in [-0.4, -0.2) is 25.4 Å². The summed E-state index contributed by atoms with van der Waals surface area (Å²) in [5, 5.41) is 12.4. The molecule has 1 aliphatic rings. The molecule has 0 fully saturated rings. The fourth-order valence-electron chi connectivity index (χ4n) is 1.97. The second kappa shape index (κ2) is 3.98. The normalized spacial score (nSPS) is 25.3. The van der Waals surface area contributed by atoms with E-state index in [9.17, 15) is 5.11 Å². The van der Waals surface area contributed by atoms with Gasteiger partial charge in [0.1, 0.15) is 5.75 Å². The minimum absolute atomic E-state index is 0.148. The maximum absolute atomic E-state index is 9.20. The molecule has 1 aromatic rings. The van der Waals surface area contributed by atoms with Gasteiger partial charge in [-0.3, -0.25) is 0 Å². The Morgan fingerprint density at radius 1 is 1.50 bits per heavy atom. The maximum Gasteiger partial charge on any atom is 0.124 e. The van der Waals surface area contributed by atoms with Crippen molar-refractivity contribution in [3.05, 3.63) is 29.8 Å². The standard InChI is InChI=1S/C11H15NO2/c1-12-11-8(6-13)7-14-10-5-3-2-4-9(10)11/h2-5,8,11-13H,6-7H2,1H3. The number of aliphatic hydroxyl groups excluding tert-OH is 1. The number of benzene rings is 1. The number of aliphatic hydroxyl groups is 1. The lowest BCUT2D eigenvalue weighted by atomic mass is 9.91. The van der Waals surface area contributed by atoms with Gasteiger partial charge in [-0.2, -0.15) is 0 Å². The predicted octanol–water partition coefficient (Wildman–Crippen LogP) is 0.948. The van der Waals surface area contributed by atoms with E-state index in [2.05, 4.69) is 5.32 Å². The zero-order chi connectivity index (χ0) is 9.97. The van der Waals surface area contributed by atoms with Crippen molar-refractivity contribution in [1.29, 1.82) is 0 Å². The number of rotatable bonds is 2. The van der Waals surface area contributed by atoms with Crippen LogP contribution in [0, 0.1) is 5.92 Å². The first kappa shape index (κ1) is 9.49. The van der Waals surface area contributed by atoms with Gasteiger partial charge in [0.05, 0.1) is 13.2 Å².